The van der Waals surface area contributed by atoms with Gasteiger partial charge in [0, 0.05) is 12.3 Å². The van der Waals surface area contributed by atoms with Crippen LogP contribution in [0.1, 0.15) is 67.0 Å². The van der Waals surface area contributed by atoms with Crippen molar-refractivity contribution in [3.8, 4) is 11.1 Å². The Morgan fingerprint density at radius 2 is 1.47 bits per heavy atom. The molecule has 3 unspecified atom stereocenters. The van der Waals surface area contributed by atoms with E-state index in [1.165, 1.54) is 4.90 Å². The molecule has 49 heavy (non-hydrogen) atoms. The van der Waals surface area contributed by atoms with E-state index in [2.05, 4.69) is 34.9 Å². The van der Waals surface area contributed by atoms with E-state index in [9.17, 15) is 19.2 Å². The molecule has 0 saturated carbocycles. The third-order valence-electron chi connectivity index (χ3n) is 9.41. The number of alkyl carbamates (subject to hydrolysis) is 1. The van der Waals surface area contributed by atoms with Gasteiger partial charge in [-0.3, -0.25) is 14.5 Å². The van der Waals surface area contributed by atoms with Gasteiger partial charge in [-0.25, -0.2) is 9.59 Å². The number of amides is 3. The number of esters is 1. The van der Waals surface area contributed by atoms with Crippen molar-refractivity contribution in [1.82, 2.24) is 10.6 Å². The number of aryl methyl sites for hydroxylation is 1. The monoisotopic (exact) mass is 657 g/mol. The molecule has 0 saturated heterocycles. The van der Waals surface area contributed by atoms with Crippen molar-refractivity contribution in [1.29, 1.82) is 0 Å². The number of fused-ring (bicyclic) bond motifs is 3. The Morgan fingerprint density at radius 1 is 0.837 bits per heavy atom. The maximum atomic E-state index is 14.3. The molecule has 0 bridgehead atoms. The second-order valence-electron chi connectivity index (χ2n) is 13.8. The van der Waals surface area contributed by atoms with E-state index in [1.807, 2.05) is 48.5 Å². The molecule has 9 nitrogen and oxygen atoms in total. The average molecular weight is 658 g/mol. The molecule has 2 heterocycles. The number of anilines is 1. The van der Waals surface area contributed by atoms with Crippen molar-refractivity contribution in [2.75, 3.05) is 11.5 Å². The van der Waals surface area contributed by atoms with Crippen LogP contribution < -0.4 is 15.5 Å². The maximum Gasteiger partial charge on any atom is 0.407 e. The zero-order valence-corrected chi connectivity index (χ0v) is 27.8. The maximum absolute atomic E-state index is 14.3. The lowest BCUT2D eigenvalue weighted by Crippen LogP contribution is -2.55. The van der Waals surface area contributed by atoms with Crippen LogP contribution in [0, 0.1) is 0 Å². The van der Waals surface area contributed by atoms with Crippen molar-refractivity contribution >= 4 is 29.6 Å². The van der Waals surface area contributed by atoms with Gasteiger partial charge in [0.2, 0.25) is 11.8 Å². The van der Waals surface area contributed by atoms with E-state index in [-0.39, 0.29) is 18.9 Å². The fourth-order valence-corrected chi connectivity index (χ4v) is 7.28. The Hall–Kier alpha value is -5.44. The lowest BCUT2D eigenvalue weighted by molar-refractivity contribution is -0.159. The van der Waals surface area contributed by atoms with Crippen LogP contribution in [-0.2, 0) is 36.7 Å². The molecule has 0 spiro atoms. The van der Waals surface area contributed by atoms with Crippen molar-refractivity contribution in [3.63, 3.8) is 0 Å². The summed E-state index contributed by atoms with van der Waals surface area (Å²) in [6, 6.07) is 28.0. The summed E-state index contributed by atoms with van der Waals surface area (Å²) in [5.74, 6) is -1.60. The number of hydrogen-bond acceptors (Lipinski definition) is 6. The Labute approximate surface area is 285 Å². The summed E-state index contributed by atoms with van der Waals surface area (Å²) in [4.78, 5) is 56.5. The normalized spacial score (nSPS) is 18.4. The molecular formula is C40H39N3O6. The van der Waals surface area contributed by atoms with E-state index in [0.29, 0.717) is 24.1 Å². The molecule has 250 valence electrons. The first-order valence-corrected chi connectivity index (χ1v) is 16.7. The molecule has 3 atom stereocenters. The van der Waals surface area contributed by atoms with E-state index >= 15 is 0 Å². The molecule has 0 radical (unpaired) electrons. The minimum atomic E-state index is -1.08. The first-order valence-electron chi connectivity index (χ1n) is 16.7. The van der Waals surface area contributed by atoms with Crippen molar-refractivity contribution in [3.05, 3.63) is 125 Å². The number of benzene rings is 4. The van der Waals surface area contributed by atoms with Crippen molar-refractivity contribution in [2.45, 2.75) is 69.7 Å². The molecule has 0 fully saturated rings. The summed E-state index contributed by atoms with van der Waals surface area (Å²) in [5.41, 5.74) is 6.71. The van der Waals surface area contributed by atoms with Crippen LogP contribution in [0.25, 0.3) is 11.1 Å². The second-order valence-corrected chi connectivity index (χ2v) is 13.8. The highest BCUT2D eigenvalue weighted by Crippen LogP contribution is 2.44. The highest BCUT2D eigenvalue weighted by molar-refractivity contribution is 6.08. The summed E-state index contributed by atoms with van der Waals surface area (Å²) in [7, 11) is 0. The van der Waals surface area contributed by atoms with Crippen LogP contribution >= 0.6 is 0 Å². The lowest BCUT2D eigenvalue weighted by atomic mass is 9.98. The Bertz CT molecular complexity index is 1890. The van der Waals surface area contributed by atoms with Gasteiger partial charge in [0.1, 0.15) is 24.3 Å². The minimum Gasteiger partial charge on any atom is -0.458 e. The predicted octanol–water partition coefficient (Wildman–Crippen LogP) is 6.00. The van der Waals surface area contributed by atoms with E-state index in [0.717, 1.165) is 33.4 Å². The third-order valence-corrected chi connectivity index (χ3v) is 9.41. The van der Waals surface area contributed by atoms with Crippen LogP contribution in [0.4, 0.5) is 10.5 Å². The Kier molecular flexibility index (Phi) is 8.44. The molecule has 3 aliphatic rings. The molecule has 0 aromatic heterocycles. The molecule has 4 aromatic rings. The van der Waals surface area contributed by atoms with Crippen LogP contribution in [-0.4, -0.2) is 48.2 Å². The number of carbonyl (C=O) groups is 4. The molecule has 3 amide bonds. The fourth-order valence-electron chi connectivity index (χ4n) is 7.28. The van der Waals surface area contributed by atoms with Gasteiger partial charge in [-0.2, -0.15) is 0 Å². The Balaban J connectivity index is 1.09. The van der Waals surface area contributed by atoms with E-state index < -0.39 is 47.6 Å². The second kappa shape index (κ2) is 12.9. The summed E-state index contributed by atoms with van der Waals surface area (Å²) in [6.07, 6.45) is 0.447. The molecule has 4 aromatic carbocycles. The van der Waals surface area contributed by atoms with Crippen LogP contribution in [0.2, 0.25) is 0 Å². The van der Waals surface area contributed by atoms with Gasteiger partial charge in [0.25, 0.3) is 0 Å². The van der Waals surface area contributed by atoms with Gasteiger partial charge in [0.05, 0.1) is 5.69 Å². The zero-order valence-electron chi connectivity index (χ0n) is 27.8. The molecule has 2 N–H and O–H groups in total. The number of rotatable bonds is 7. The lowest BCUT2D eigenvalue weighted by Gasteiger charge is -2.30. The minimum absolute atomic E-state index is 0.116. The van der Waals surface area contributed by atoms with Crippen molar-refractivity contribution in [2.24, 2.45) is 0 Å². The van der Waals surface area contributed by atoms with Gasteiger partial charge >= 0.3 is 12.1 Å². The first-order chi connectivity index (χ1) is 23.6. The van der Waals surface area contributed by atoms with E-state index in [1.54, 1.807) is 45.0 Å². The molecule has 9 heteroatoms. The summed E-state index contributed by atoms with van der Waals surface area (Å²) < 4.78 is 11.4. The standard InChI is InChI=1S/C40H39N3O6/c1-40(2,3)49-38(46)34(24-12-5-4-6-13-24)42-36(44)33-22-26-15-11-14-25-20-21-32(37(45)43(33)35(25)26)41-39(47)48-23-31-29-18-9-7-16-27(29)28-17-8-10-19-30(28)31/h4-19,31-34H,20-23H2,1-3H3,(H,41,47)(H,42,44). The number of ether oxygens (including phenoxy) is 2. The quantitative estimate of drug-likeness (QED) is 0.236. The van der Waals surface area contributed by atoms with Crippen LogP contribution in [0.3, 0.4) is 0 Å². The van der Waals surface area contributed by atoms with Gasteiger partial charge in [-0.05, 0) is 72.6 Å². The van der Waals surface area contributed by atoms with Crippen LogP contribution in [0.15, 0.2) is 97.1 Å². The van der Waals surface area contributed by atoms with Crippen LogP contribution in [0.5, 0.6) is 0 Å². The number of nitrogens with one attached hydrogen (secondary N) is 2. The van der Waals surface area contributed by atoms with Gasteiger partial charge in [-0.1, -0.05) is 97.1 Å². The highest BCUT2D eigenvalue weighted by Gasteiger charge is 2.45. The third kappa shape index (κ3) is 6.28. The smallest absolute Gasteiger partial charge is 0.407 e. The molecule has 1 aliphatic carbocycles. The van der Waals surface area contributed by atoms with Crippen molar-refractivity contribution < 1.29 is 28.7 Å². The van der Waals surface area contributed by atoms with Gasteiger partial charge < -0.3 is 20.1 Å². The Morgan fingerprint density at radius 3 is 2.14 bits per heavy atom. The van der Waals surface area contributed by atoms with Gasteiger partial charge in [0.15, 0.2) is 6.04 Å². The summed E-state index contributed by atoms with van der Waals surface area (Å²) in [5, 5.41) is 5.70. The number of hydrogen-bond donors (Lipinski definition) is 2. The average Bonchev–Trinajstić information content (AvgIpc) is 3.60. The topological polar surface area (TPSA) is 114 Å². The highest BCUT2D eigenvalue weighted by atomic mass is 16.6. The van der Waals surface area contributed by atoms with E-state index in [4.69, 9.17) is 9.47 Å². The first kappa shape index (κ1) is 32.1. The summed E-state index contributed by atoms with van der Waals surface area (Å²) in [6.45, 7) is 5.42. The molecule has 7 rings (SSSR count). The summed E-state index contributed by atoms with van der Waals surface area (Å²) >= 11 is 0. The SMILES string of the molecule is CC(C)(C)OC(=O)C(NC(=O)C1Cc2cccc3c2N1C(=O)C(NC(=O)OCC1c2ccccc2-c2ccccc21)CC3)c1ccccc1. The molecular weight excluding hydrogens is 618 g/mol. The largest absolute Gasteiger partial charge is 0.458 e. The number of nitrogens with zero attached hydrogens (tertiary/aromatic N) is 1. The number of para-hydroxylation sites is 1. The predicted molar refractivity (Wildman–Crippen MR) is 185 cm³/mol. The fraction of sp³-hybridized carbons (Fsp3) is 0.300. The van der Waals surface area contributed by atoms with Gasteiger partial charge in [-0.15, -0.1) is 0 Å². The zero-order chi connectivity index (χ0) is 34.3. The number of carbonyl (C=O) groups excluding carboxylic acids is 4. The molecule has 2 aliphatic heterocycles.